The molecule has 90 valence electrons. The number of aliphatic carboxylic acids is 1. The Morgan fingerprint density at radius 1 is 1.56 bits per heavy atom. The molecular weight excluding hydrogens is 230 g/mol. The summed E-state index contributed by atoms with van der Waals surface area (Å²) in [4.78, 5) is 10.9. The molecular formula is C9H15N3O3S. The van der Waals surface area contributed by atoms with Crippen LogP contribution in [0.1, 0.15) is 18.9 Å². The number of hydrogen-bond donors (Lipinski definition) is 2. The molecule has 2 N–H and O–H groups in total. The average molecular weight is 245 g/mol. The summed E-state index contributed by atoms with van der Waals surface area (Å²) in [6.07, 6.45) is 0. The van der Waals surface area contributed by atoms with E-state index in [0.29, 0.717) is 11.7 Å². The monoisotopic (exact) mass is 245 g/mol. The SMILES string of the molecule is COCc1nnc(N[C@H](C(=O)O)C(C)C)s1. The lowest BCUT2D eigenvalue weighted by atomic mass is 10.1. The van der Waals surface area contributed by atoms with Crippen molar-refractivity contribution in [3.05, 3.63) is 5.01 Å². The number of hydrogen-bond acceptors (Lipinski definition) is 6. The summed E-state index contributed by atoms with van der Waals surface area (Å²) < 4.78 is 4.90. The number of rotatable bonds is 6. The molecule has 0 aliphatic heterocycles. The molecule has 0 fully saturated rings. The van der Waals surface area contributed by atoms with Crippen LogP contribution in [0.25, 0.3) is 0 Å². The third-order valence-electron chi connectivity index (χ3n) is 1.95. The van der Waals surface area contributed by atoms with Crippen LogP contribution in [0.5, 0.6) is 0 Å². The van der Waals surface area contributed by atoms with E-state index in [-0.39, 0.29) is 5.92 Å². The molecule has 16 heavy (non-hydrogen) atoms. The highest BCUT2D eigenvalue weighted by molar-refractivity contribution is 7.15. The molecule has 0 aliphatic rings. The number of nitrogens with zero attached hydrogens (tertiary/aromatic N) is 2. The first-order valence-corrected chi connectivity index (χ1v) is 5.67. The summed E-state index contributed by atoms with van der Waals surface area (Å²) >= 11 is 1.30. The minimum Gasteiger partial charge on any atom is -0.480 e. The topological polar surface area (TPSA) is 84.3 Å². The largest absolute Gasteiger partial charge is 0.480 e. The molecule has 1 aromatic heterocycles. The third-order valence-corrected chi connectivity index (χ3v) is 2.77. The number of ether oxygens (including phenoxy) is 1. The zero-order chi connectivity index (χ0) is 12.1. The maximum atomic E-state index is 10.9. The van der Waals surface area contributed by atoms with Gasteiger partial charge in [0.1, 0.15) is 17.7 Å². The molecule has 0 saturated heterocycles. The van der Waals surface area contributed by atoms with Crippen LogP contribution in [0, 0.1) is 5.92 Å². The molecule has 1 aromatic rings. The lowest BCUT2D eigenvalue weighted by molar-refractivity contribution is -0.138. The van der Waals surface area contributed by atoms with Gasteiger partial charge in [-0.25, -0.2) is 4.79 Å². The minimum atomic E-state index is -0.890. The molecule has 6 nitrogen and oxygen atoms in total. The normalized spacial score (nSPS) is 12.8. The second-order valence-electron chi connectivity index (χ2n) is 3.64. The smallest absolute Gasteiger partial charge is 0.326 e. The summed E-state index contributed by atoms with van der Waals surface area (Å²) in [5, 5.41) is 20.8. The lowest BCUT2D eigenvalue weighted by Gasteiger charge is -2.16. The van der Waals surface area contributed by atoms with Gasteiger partial charge in [0.15, 0.2) is 0 Å². The molecule has 0 saturated carbocycles. The fourth-order valence-corrected chi connectivity index (χ4v) is 1.89. The Labute approximate surface area is 97.7 Å². The summed E-state index contributed by atoms with van der Waals surface area (Å²) in [6, 6.07) is -0.650. The Hall–Kier alpha value is -1.21. The predicted octanol–water partition coefficient (Wildman–Crippen LogP) is 1.21. The van der Waals surface area contributed by atoms with Crippen LogP contribution in [0.2, 0.25) is 0 Å². The highest BCUT2D eigenvalue weighted by atomic mass is 32.1. The molecule has 0 aromatic carbocycles. The number of anilines is 1. The van der Waals surface area contributed by atoms with Crippen LogP contribution in [0.15, 0.2) is 0 Å². The van der Waals surface area contributed by atoms with E-state index in [4.69, 9.17) is 9.84 Å². The molecule has 1 rings (SSSR count). The van der Waals surface area contributed by atoms with Gasteiger partial charge in [0.25, 0.3) is 0 Å². The van der Waals surface area contributed by atoms with Gasteiger partial charge >= 0.3 is 5.97 Å². The first-order chi connectivity index (χ1) is 7.54. The predicted molar refractivity (Wildman–Crippen MR) is 60.5 cm³/mol. The number of aromatic nitrogens is 2. The fraction of sp³-hybridized carbons (Fsp3) is 0.667. The van der Waals surface area contributed by atoms with Gasteiger partial charge < -0.3 is 15.2 Å². The van der Waals surface area contributed by atoms with Gasteiger partial charge in [0, 0.05) is 7.11 Å². The molecule has 1 atom stereocenters. The minimum absolute atomic E-state index is 0.0210. The van der Waals surface area contributed by atoms with E-state index in [1.54, 1.807) is 7.11 Å². The quantitative estimate of drug-likeness (QED) is 0.783. The van der Waals surface area contributed by atoms with Crippen molar-refractivity contribution >= 4 is 22.4 Å². The van der Waals surface area contributed by atoms with E-state index in [2.05, 4.69) is 15.5 Å². The van der Waals surface area contributed by atoms with Crippen LogP contribution in [0.4, 0.5) is 5.13 Å². The Balaban J connectivity index is 2.66. The van der Waals surface area contributed by atoms with Gasteiger partial charge in [-0.3, -0.25) is 0 Å². The summed E-state index contributed by atoms with van der Waals surface area (Å²) in [7, 11) is 1.57. The average Bonchev–Trinajstić information content (AvgIpc) is 2.61. The maximum absolute atomic E-state index is 10.9. The first-order valence-electron chi connectivity index (χ1n) is 4.85. The van der Waals surface area contributed by atoms with E-state index in [1.165, 1.54) is 11.3 Å². The van der Waals surface area contributed by atoms with Gasteiger partial charge in [-0.2, -0.15) is 0 Å². The van der Waals surface area contributed by atoms with Gasteiger partial charge in [-0.05, 0) is 5.92 Å². The Kier molecular flexibility index (Phi) is 4.63. The number of nitrogens with one attached hydrogen (secondary N) is 1. The molecule has 0 aliphatic carbocycles. The number of carboxylic acids is 1. The molecule has 0 spiro atoms. The van der Waals surface area contributed by atoms with Gasteiger partial charge in [0.2, 0.25) is 5.13 Å². The first kappa shape index (κ1) is 12.9. The van der Waals surface area contributed by atoms with Gasteiger partial charge in [0.05, 0.1) is 0 Å². The van der Waals surface area contributed by atoms with Gasteiger partial charge in [-0.1, -0.05) is 25.2 Å². The zero-order valence-electron chi connectivity index (χ0n) is 9.43. The summed E-state index contributed by atoms with van der Waals surface area (Å²) in [5.74, 6) is -0.911. The number of carboxylic acid groups (broad SMARTS) is 1. The van der Waals surface area contributed by atoms with E-state index in [9.17, 15) is 4.79 Å². The van der Waals surface area contributed by atoms with E-state index >= 15 is 0 Å². The van der Waals surface area contributed by atoms with Gasteiger partial charge in [-0.15, -0.1) is 10.2 Å². The van der Waals surface area contributed by atoms with Crippen LogP contribution in [-0.4, -0.2) is 34.4 Å². The second-order valence-corrected chi connectivity index (χ2v) is 4.70. The van der Waals surface area contributed by atoms with Crippen molar-refractivity contribution in [2.24, 2.45) is 5.92 Å². The van der Waals surface area contributed by atoms with Crippen LogP contribution in [-0.2, 0) is 16.1 Å². The fourth-order valence-electron chi connectivity index (χ4n) is 1.14. The number of carbonyl (C=O) groups is 1. The van der Waals surface area contributed by atoms with Crippen molar-refractivity contribution in [2.45, 2.75) is 26.5 Å². The van der Waals surface area contributed by atoms with E-state index < -0.39 is 12.0 Å². The maximum Gasteiger partial charge on any atom is 0.326 e. The summed E-state index contributed by atoms with van der Waals surface area (Å²) in [6.45, 7) is 4.06. The molecule has 0 bridgehead atoms. The Morgan fingerprint density at radius 3 is 2.75 bits per heavy atom. The molecule has 1 heterocycles. The third kappa shape index (κ3) is 3.42. The van der Waals surface area contributed by atoms with E-state index in [0.717, 1.165) is 5.01 Å². The van der Waals surface area contributed by atoms with Crippen molar-refractivity contribution in [2.75, 3.05) is 12.4 Å². The summed E-state index contributed by atoms with van der Waals surface area (Å²) in [5.41, 5.74) is 0. The second kappa shape index (κ2) is 5.76. The van der Waals surface area contributed by atoms with Crippen molar-refractivity contribution < 1.29 is 14.6 Å². The standard InChI is InChI=1S/C9H15N3O3S/c1-5(2)7(8(13)14)10-9-12-11-6(16-9)4-15-3/h5,7H,4H2,1-3H3,(H,10,12)(H,13,14)/t7-/m0/s1. The van der Waals surface area contributed by atoms with Crippen molar-refractivity contribution in [1.29, 1.82) is 0 Å². The molecule has 7 heteroatoms. The molecule has 0 amide bonds. The Bertz CT molecular complexity index is 354. The molecule has 0 radical (unpaired) electrons. The van der Waals surface area contributed by atoms with E-state index in [1.807, 2.05) is 13.8 Å². The van der Waals surface area contributed by atoms with Crippen molar-refractivity contribution in [3.63, 3.8) is 0 Å². The zero-order valence-corrected chi connectivity index (χ0v) is 10.2. The van der Waals surface area contributed by atoms with Crippen LogP contribution in [0.3, 0.4) is 0 Å². The van der Waals surface area contributed by atoms with Crippen molar-refractivity contribution in [3.8, 4) is 0 Å². The van der Waals surface area contributed by atoms with Crippen LogP contribution < -0.4 is 5.32 Å². The van der Waals surface area contributed by atoms with Crippen LogP contribution >= 0.6 is 11.3 Å². The highest BCUT2D eigenvalue weighted by Gasteiger charge is 2.22. The lowest BCUT2D eigenvalue weighted by Crippen LogP contribution is -2.34. The highest BCUT2D eigenvalue weighted by Crippen LogP contribution is 2.18. The number of methoxy groups -OCH3 is 1. The molecule has 0 unspecified atom stereocenters. The Morgan fingerprint density at radius 2 is 2.25 bits per heavy atom. The van der Waals surface area contributed by atoms with Crippen molar-refractivity contribution in [1.82, 2.24) is 10.2 Å².